The lowest BCUT2D eigenvalue weighted by Crippen LogP contribution is -2.37. The Morgan fingerprint density at radius 3 is 2.45 bits per heavy atom. The van der Waals surface area contributed by atoms with Crippen molar-refractivity contribution in [3.8, 4) is 0 Å². The fourth-order valence-electron chi connectivity index (χ4n) is 5.57. The van der Waals surface area contributed by atoms with Crippen molar-refractivity contribution in [1.82, 2.24) is 0 Å². The topological polar surface area (TPSA) is 119 Å². The molecule has 6 rings (SSSR count). The molecule has 11 heteroatoms. The number of non-ortho nitro benzene ring substituents is 1. The maximum absolute atomic E-state index is 14.1. The van der Waals surface area contributed by atoms with Gasteiger partial charge in [-0.3, -0.25) is 24.5 Å². The number of nitro groups is 1. The minimum absolute atomic E-state index is 0.0854. The van der Waals surface area contributed by atoms with Crippen LogP contribution >= 0.6 is 11.3 Å². The number of thiophene rings is 1. The number of rotatable bonds is 5. The van der Waals surface area contributed by atoms with Gasteiger partial charge in [0, 0.05) is 17.0 Å². The molecule has 0 N–H and O–H groups in total. The van der Waals surface area contributed by atoms with Crippen LogP contribution < -0.4 is 9.96 Å². The van der Waals surface area contributed by atoms with Crippen LogP contribution in [-0.2, 0) is 32.0 Å². The number of fused-ring (bicyclic) bond motifs is 2. The van der Waals surface area contributed by atoms with E-state index in [-0.39, 0.29) is 16.3 Å². The third kappa shape index (κ3) is 3.69. The van der Waals surface area contributed by atoms with Crippen LogP contribution in [0.5, 0.6) is 0 Å². The number of aryl methyl sites for hydroxylation is 1. The van der Waals surface area contributed by atoms with Crippen molar-refractivity contribution in [3.63, 3.8) is 0 Å². The second kappa shape index (κ2) is 9.34. The molecule has 2 fully saturated rings. The Balaban J connectivity index is 1.44. The molecule has 2 saturated heterocycles. The predicted octanol–water partition coefficient (Wildman–Crippen LogP) is 4.37. The van der Waals surface area contributed by atoms with Crippen molar-refractivity contribution in [2.24, 2.45) is 5.92 Å². The van der Waals surface area contributed by atoms with E-state index in [1.54, 1.807) is 24.3 Å². The maximum Gasteiger partial charge on any atom is 0.341 e. The second-order valence-corrected chi connectivity index (χ2v) is 10.5. The first-order valence-corrected chi connectivity index (χ1v) is 13.1. The minimum Gasteiger partial charge on any atom is -0.465 e. The molecule has 2 amide bonds. The standard InChI is InChI=1S/C27H23N3O7S/c1-36-27(33)20-18-9-5-6-10-19(18)38-26(20)28-24(31)21-22(15-11-13-17(14-12-15)30(34)35)29(37-23(21)25(28)32)16-7-3-2-4-8-16/h2-4,7-8,11-14,21-23H,5-6,9-10H2,1H3/t21-,22+,23-/m0/s1. The third-order valence-electron chi connectivity index (χ3n) is 7.32. The molecule has 0 radical (unpaired) electrons. The first kappa shape index (κ1) is 24.3. The third-order valence-corrected chi connectivity index (χ3v) is 8.59. The molecule has 3 atom stereocenters. The molecule has 0 spiro atoms. The second-order valence-electron chi connectivity index (χ2n) is 9.40. The molecule has 0 unspecified atom stereocenters. The summed E-state index contributed by atoms with van der Waals surface area (Å²) in [5.74, 6) is -2.52. The fourth-order valence-corrected chi connectivity index (χ4v) is 6.95. The molecule has 1 aromatic heterocycles. The van der Waals surface area contributed by atoms with Gasteiger partial charge in [0.1, 0.15) is 10.9 Å². The normalized spacial score (nSPS) is 22.4. The van der Waals surface area contributed by atoms with Gasteiger partial charge >= 0.3 is 5.97 Å². The Morgan fingerprint density at radius 1 is 1.05 bits per heavy atom. The van der Waals surface area contributed by atoms with E-state index < -0.39 is 40.8 Å². The summed E-state index contributed by atoms with van der Waals surface area (Å²) >= 11 is 1.29. The molecule has 0 saturated carbocycles. The summed E-state index contributed by atoms with van der Waals surface area (Å²) in [5.41, 5.74) is 2.27. The van der Waals surface area contributed by atoms with E-state index in [1.807, 2.05) is 18.2 Å². The minimum atomic E-state index is -1.12. The fraction of sp³-hybridized carbons (Fsp3) is 0.296. The van der Waals surface area contributed by atoms with Crippen LogP contribution in [0.2, 0.25) is 0 Å². The van der Waals surface area contributed by atoms with Gasteiger partial charge in [0.15, 0.2) is 6.10 Å². The van der Waals surface area contributed by atoms with E-state index in [1.165, 1.54) is 35.6 Å². The maximum atomic E-state index is 14.1. The highest BCUT2D eigenvalue weighted by molar-refractivity contribution is 7.17. The van der Waals surface area contributed by atoms with E-state index in [9.17, 15) is 24.5 Å². The van der Waals surface area contributed by atoms with Crippen LogP contribution in [0.1, 0.15) is 45.2 Å². The Bertz CT molecular complexity index is 1450. The molecule has 38 heavy (non-hydrogen) atoms. The highest BCUT2D eigenvalue weighted by atomic mass is 32.1. The summed E-state index contributed by atoms with van der Waals surface area (Å²) in [5, 5.41) is 13.0. The van der Waals surface area contributed by atoms with E-state index in [0.717, 1.165) is 34.6 Å². The van der Waals surface area contributed by atoms with Crippen LogP contribution in [0.4, 0.5) is 16.4 Å². The highest BCUT2D eigenvalue weighted by Gasteiger charge is 2.61. The van der Waals surface area contributed by atoms with Crippen LogP contribution in [0.3, 0.4) is 0 Å². The molecule has 10 nitrogen and oxygen atoms in total. The number of imide groups is 1. The first-order chi connectivity index (χ1) is 18.4. The average Bonchev–Trinajstić information content (AvgIpc) is 3.59. The van der Waals surface area contributed by atoms with Gasteiger partial charge in [-0.15, -0.1) is 11.3 Å². The Labute approximate surface area is 221 Å². The summed E-state index contributed by atoms with van der Waals surface area (Å²) in [6.07, 6.45) is 2.22. The smallest absolute Gasteiger partial charge is 0.341 e. The average molecular weight is 534 g/mol. The van der Waals surface area contributed by atoms with Crippen LogP contribution in [-0.4, -0.2) is 35.9 Å². The lowest BCUT2D eigenvalue weighted by Gasteiger charge is -2.28. The van der Waals surface area contributed by atoms with Gasteiger partial charge in [-0.25, -0.2) is 14.8 Å². The zero-order valence-electron chi connectivity index (χ0n) is 20.4. The SMILES string of the molecule is COC(=O)c1c(N2C(=O)[C@@H]3[C@H](ON(c4ccccc4)[C@@H]3c3ccc([N+](=O)[O-])cc3)C2=O)sc2c1CCCC2. The van der Waals surface area contributed by atoms with Crippen molar-refractivity contribution in [2.75, 3.05) is 17.1 Å². The number of hydroxylamine groups is 1. The van der Waals surface area contributed by atoms with Gasteiger partial charge in [0.05, 0.1) is 29.3 Å². The Morgan fingerprint density at radius 2 is 1.76 bits per heavy atom. The summed E-state index contributed by atoms with van der Waals surface area (Å²) in [4.78, 5) is 59.6. The molecule has 194 valence electrons. The zero-order chi connectivity index (χ0) is 26.6. The molecule has 3 aliphatic rings. The van der Waals surface area contributed by atoms with E-state index in [0.29, 0.717) is 17.7 Å². The monoisotopic (exact) mass is 533 g/mol. The number of benzene rings is 2. The van der Waals surface area contributed by atoms with Gasteiger partial charge in [0.25, 0.3) is 11.6 Å². The molecule has 3 heterocycles. The van der Waals surface area contributed by atoms with Gasteiger partial charge in [-0.05, 0) is 48.9 Å². The molecule has 2 aliphatic heterocycles. The van der Waals surface area contributed by atoms with Crippen LogP contribution in [0, 0.1) is 16.0 Å². The van der Waals surface area contributed by atoms with Crippen molar-refractivity contribution < 1.29 is 28.9 Å². The summed E-state index contributed by atoms with van der Waals surface area (Å²) < 4.78 is 5.05. The van der Waals surface area contributed by atoms with Crippen LogP contribution in [0.25, 0.3) is 0 Å². The van der Waals surface area contributed by atoms with E-state index >= 15 is 0 Å². The number of methoxy groups -OCH3 is 1. The molecular formula is C27H23N3O7S. The number of para-hydroxylation sites is 1. The molecular weight excluding hydrogens is 510 g/mol. The number of carbonyl (C=O) groups excluding carboxylic acids is 3. The van der Waals surface area contributed by atoms with Gasteiger partial charge in [-0.2, -0.15) is 0 Å². The number of nitro benzene ring substituents is 1. The number of carbonyl (C=O) groups is 3. The lowest BCUT2D eigenvalue weighted by molar-refractivity contribution is -0.384. The number of esters is 1. The summed E-state index contributed by atoms with van der Waals surface area (Å²) in [7, 11) is 1.28. The molecule has 1 aliphatic carbocycles. The molecule has 3 aromatic rings. The number of ether oxygens (including phenoxy) is 1. The molecule has 0 bridgehead atoms. The molecule has 2 aromatic carbocycles. The lowest BCUT2D eigenvalue weighted by atomic mass is 9.90. The summed E-state index contributed by atoms with van der Waals surface area (Å²) in [6, 6.07) is 14.2. The van der Waals surface area contributed by atoms with Crippen molar-refractivity contribution in [3.05, 3.63) is 86.3 Å². The van der Waals surface area contributed by atoms with Crippen molar-refractivity contribution in [1.29, 1.82) is 0 Å². The summed E-state index contributed by atoms with van der Waals surface area (Å²) in [6.45, 7) is 0. The van der Waals surface area contributed by atoms with Crippen LogP contribution in [0.15, 0.2) is 54.6 Å². The van der Waals surface area contributed by atoms with Crippen molar-refractivity contribution >= 4 is 45.5 Å². The van der Waals surface area contributed by atoms with Gasteiger partial charge in [-0.1, -0.05) is 30.3 Å². The largest absolute Gasteiger partial charge is 0.465 e. The number of nitrogens with zero attached hydrogens (tertiary/aromatic N) is 3. The van der Waals surface area contributed by atoms with E-state index in [4.69, 9.17) is 9.57 Å². The highest BCUT2D eigenvalue weighted by Crippen LogP contribution is 2.50. The number of hydrogen-bond donors (Lipinski definition) is 0. The van der Waals surface area contributed by atoms with E-state index in [2.05, 4.69) is 0 Å². The number of amides is 2. The Kier molecular flexibility index (Phi) is 5.96. The number of hydrogen-bond acceptors (Lipinski definition) is 9. The quantitative estimate of drug-likeness (QED) is 0.205. The predicted molar refractivity (Wildman–Crippen MR) is 138 cm³/mol. The van der Waals surface area contributed by atoms with Gasteiger partial charge < -0.3 is 4.74 Å². The zero-order valence-corrected chi connectivity index (χ0v) is 21.2. The first-order valence-electron chi connectivity index (χ1n) is 12.3. The van der Waals surface area contributed by atoms with Gasteiger partial charge in [0.2, 0.25) is 5.91 Å². The Hall–Kier alpha value is -4.09. The van der Waals surface area contributed by atoms with Crippen molar-refractivity contribution in [2.45, 2.75) is 37.8 Å². The number of anilines is 2.